The SMILES string of the molecule is CN=C(NCC(C)CN1CCCCC1)N1CCC(COCc2ccccc2)C1.I. The van der Waals surface area contributed by atoms with E-state index in [0.717, 1.165) is 32.2 Å². The third-order valence-electron chi connectivity index (χ3n) is 5.89. The van der Waals surface area contributed by atoms with E-state index in [1.165, 1.54) is 50.9 Å². The van der Waals surface area contributed by atoms with E-state index in [1.54, 1.807) is 0 Å². The minimum Gasteiger partial charge on any atom is -0.376 e. The van der Waals surface area contributed by atoms with Crippen LogP contribution in [-0.4, -0.2) is 68.7 Å². The fourth-order valence-corrected chi connectivity index (χ4v) is 4.32. The van der Waals surface area contributed by atoms with Crippen molar-refractivity contribution in [3.8, 4) is 0 Å². The smallest absolute Gasteiger partial charge is 0.193 e. The van der Waals surface area contributed by atoms with Crippen LogP contribution < -0.4 is 5.32 Å². The molecule has 2 aliphatic heterocycles. The maximum Gasteiger partial charge on any atom is 0.193 e. The van der Waals surface area contributed by atoms with Gasteiger partial charge in [-0.15, -0.1) is 24.0 Å². The second kappa shape index (κ2) is 13.4. The number of nitrogens with one attached hydrogen (secondary N) is 1. The van der Waals surface area contributed by atoms with Crippen molar-refractivity contribution in [3.63, 3.8) is 0 Å². The van der Waals surface area contributed by atoms with Gasteiger partial charge in [0.2, 0.25) is 0 Å². The van der Waals surface area contributed by atoms with Gasteiger partial charge >= 0.3 is 0 Å². The Hall–Kier alpha value is -0.860. The lowest BCUT2D eigenvalue weighted by atomic mass is 10.1. The average Bonchev–Trinajstić information content (AvgIpc) is 3.19. The zero-order valence-corrected chi connectivity index (χ0v) is 20.5. The largest absolute Gasteiger partial charge is 0.376 e. The summed E-state index contributed by atoms with van der Waals surface area (Å²) in [5, 5.41) is 3.61. The van der Waals surface area contributed by atoms with Gasteiger partial charge in [-0.25, -0.2) is 0 Å². The van der Waals surface area contributed by atoms with Crippen LogP contribution in [0.3, 0.4) is 0 Å². The summed E-state index contributed by atoms with van der Waals surface area (Å²) in [7, 11) is 1.90. The Morgan fingerprint density at radius 3 is 2.66 bits per heavy atom. The van der Waals surface area contributed by atoms with E-state index < -0.39 is 0 Å². The molecule has 0 amide bonds. The van der Waals surface area contributed by atoms with E-state index in [-0.39, 0.29) is 24.0 Å². The Balaban J connectivity index is 0.00000300. The summed E-state index contributed by atoms with van der Waals surface area (Å²) in [6.07, 6.45) is 5.31. The van der Waals surface area contributed by atoms with Crippen molar-refractivity contribution in [2.75, 3.05) is 52.9 Å². The second-order valence-corrected chi connectivity index (χ2v) is 8.50. The summed E-state index contributed by atoms with van der Waals surface area (Å²) in [4.78, 5) is 9.54. The van der Waals surface area contributed by atoms with Crippen molar-refractivity contribution in [3.05, 3.63) is 35.9 Å². The highest BCUT2D eigenvalue weighted by atomic mass is 127. The van der Waals surface area contributed by atoms with Gasteiger partial charge in [0.25, 0.3) is 0 Å². The molecular weight excluding hydrogens is 475 g/mol. The van der Waals surface area contributed by atoms with Gasteiger partial charge in [-0.2, -0.15) is 0 Å². The molecule has 2 heterocycles. The van der Waals surface area contributed by atoms with Crippen molar-refractivity contribution in [1.82, 2.24) is 15.1 Å². The van der Waals surface area contributed by atoms with Crippen LogP contribution in [0.25, 0.3) is 0 Å². The standard InChI is InChI=1S/C23H38N4O.HI/c1-20(16-26-12-7-4-8-13-26)15-25-23(24-2)27-14-11-22(17-27)19-28-18-21-9-5-3-6-10-21;/h3,5-6,9-10,20,22H,4,7-8,11-19H2,1-2H3,(H,24,25);1H. The van der Waals surface area contributed by atoms with Crippen molar-refractivity contribution in [2.24, 2.45) is 16.8 Å². The van der Waals surface area contributed by atoms with Crippen LogP contribution in [0.1, 0.15) is 38.2 Å². The van der Waals surface area contributed by atoms with Crippen LogP contribution in [-0.2, 0) is 11.3 Å². The third-order valence-corrected chi connectivity index (χ3v) is 5.89. The summed E-state index contributed by atoms with van der Waals surface area (Å²) in [5.74, 6) is 2.28. The first-order valence-corrected chi connectivity index (χ1v) is 11.0. The predicted molar refractivity (Wildman–Crippen MR) is 132 cm³/mol. The normalized spacial score (nSPS) is 21.7. The monoisotopic (exact) mass is 514 g/mol. The van der Waals surface area contributed by atoms with Gasteiger partial charge in [0.15, 0.2) is 5.96 Å². The van der Waals surface area contributed by atoms with Gasteiger partial charge in [0.1, 0.15) is 0 Å². The van der Waals surface area contributed by atoms with Crippen molar-refractivity contribution < 1.29 is 4.74 Å². The summed E-state index contributed by atoms with van der Waals surface area (Å²) in [5.41, 5.74) is 1.25. The highest BCUT2D eigenvalue weighted by Gasteiger charge is 2.25. The molecule has 0 spiro atoms. The Morgan fingerprint density at radius 1 is 1.17 bits per heavy atom. The molecule has 1 aromatic carbocycles. The van der Waals surface area contributed by atoms with Gasteiger partial charge in [-0.1, -0.05) is 43.7 Å². The van der Waals surface area contributed by atoms with Crippen LogP contribution in [0.5, 0.6) is 0 Å². The molecule has 1 aromatic rings. The van der Waals surface area contributed by atoms with Crippen LogP contribution >= 0.6 is 24.0 Å². The maximum atomic E-state index is 5.96. The Bertz CT molecular complexity index is 592. The minimum atomic E-state index is 0. The molecule has 2 saturated heterocycles. The number of piperidine rings is 1. The Kier molecular flexibility index (Phi) is 11.3. The van der Waals surface area contributed by atoms with E-state index in [1.807, 2.05) is 13.1 Å². The first-order chi connectivity index (χ1) is 13.7. The van der Waals surface area contributed by atoms with E-state index in [9.17, 15) is 0 Å². The zero-order chi connectivity index (χ0) is 19.6. The highest BCUT2D eigenvalue weighted by molar-refractivity contribution is 14.0. The predicted octanol–water partition coefficient (Wildman–Crippen LogP) is 3.84. The summed E-state index contributed by atoms with van der Waals surface area (Å²) >= 11 is 0. The molecule has 1 N–H and O–H groups in total. The number of rotatable bonds is 8. The lowest BCUT2D eigenvalue weighted by Gasteiger charge is -2.30. The third kappa shape index (κ3) is 8.42. The van der Waals surface area contributed by atoms with Gasteiger partial charge in [0.05, 0.1) is 13.2 Å². The van der Waals surface area contributed by atoms with Crippen molar-refractivity contribution >= 4 is 29.9 Å². The average molecular weight is 514 g/mol. The lowest BCUT2D eigenvalue weighted by molar-refractivity contribution is 0.0906. The fraction of sp³-hybridized carbons (Fsp3) is 0.696. The summed E-state index contributed by atoms with van der Waals surface area (Å²) in [6.45, 7) is 10.7. The van der Waals surface area contributed by atoms with Crippen LogP contribution in [0.2, 0.25) is 0 Å². The Morgan fingerprint density at radius 2 is 1.93 bits per heavy atom. The summed E-state index contributed by atoms with van der Waals surface area (Å²) in [6, 6.07) is 10.4. The molecular formula is C23H39IN4O. The lowest BCUT2D eigenvalue weighted by Crippen LogP contribution is -2.44. The number of ether oxygens (including phenoxy) is 1. The second-order valence-electron chi connectivity index (χ2n) is 8.50. The van der Waals surface area contributed by atoms with E-state index in [0.29, 0.717) is 18.4 Å². The topological polar surface area (TPSA) is 40.1 Å². The van der Waals surface area contributed by atoms with Crippen LogP contribution in [0, 0.1) is 11.8 Å². The number of halogens is 1. The highest BCUT2D eigenvalue weighted by Crippen LogP contribution is 2.17. The molecule has 2 unspecified atom stereocenters. The van der Waals surface area contributed by atoms with Crippen molar-refractivity contribution in [2.45, 2.75) is 39.2 Å². The quantitative estimate of drug-likeness (QED) is 0.325. The molecule has 0 aromatic heterocycles. The number of nitrogens with zero attached hydrogens (tertiary/aromatic N) is 3. The molecule has 6 heteroatoms. The van der Waals surface area contributed by atoms with E-state index in [2.05, 4.69) is 51.3 Å². The number of hydrogen-bond acceptors (Lipinski definition) is 3. The van der Waals surface area contributed by atoms with Crippen LogP contribution in [0.4, 0.5) is 0 Å². The number of likely N-dealkylation sites (tertiary alicyclic amines) is 2. The molecule has 0 saturated carbocycles. The fourth-order valence-electron chi connectivity index (χ4n) is 4.32. The molecule has 3 rings (SSSR count). The summed E-state index contributed by atoms with van der Waals surface area (Å²) < 4.78 is 5.96. The van der Waals surface area contributed by atoms with Gasteiger partial charge in [0, 0.05) is 39.1 Å². The van der Waals surface area contributed by atoms with Gasteiger partial charge in [-0.3, -0.25) is 4.99 Å². The molecule has 164 valence electrons. The first-order valence-electron chi connectivity index (χ1n) is 11.0. The number of aliphatic imine (C=N–C) groups is 1. The first kappa shape index (κ1) is 24.4. The number of hydrogen-bond donors (Lipinski definition) is 1. The van der Waals surface area contributed by atoms with Crippen molar-refractivity contribution in [1.29, 1.82) is 0 Å². The minimum absolute atomic E-state index is 0. The zero-order valence-electron chi connectivity index (χ0n) is 18.2. The van der Waals surface area contributed by atoms with E-state index in [4.69, 9.17) is 4.74 Å². The van der Waals surface area contributed by atoms with Gasteiger partial charge < -0.3 is 19.9 Å². The van der Waals surface area contributed by atoms with E-state index >= 15 is 0 Å². The molecule has 0 bridgehead atoms. The van der Waals surface area contributed by atoms with Crippen LogP contribution in [0.15, 0.2) is 35.3 Å². The molecule has 2 fully saturated rings. The molecule has 2 aliphatic rings. The molecule has 2 atom stereocenters. The maximum absolute atomic E-state index is 5.96. The van der Waals surface area contributed by atoms with Gasteiger partial charge in [-0.05, 0) is 43.8 Å². The molecule has 0 aliphatic carbocycles. The Labute approximate surface area is 194 Å². The number of guanidine groups is 1. The molecule has 5 nitrogen and oxygen atoms in total. The number of benzene rings is 1. The molecule has 29 heavy (non-hydrogen) atoms. The molecule has 0 radical (unpaired) electrons.